The summed E-state index contributed by atoms with van der Waals surface area (Å²) < 4.78 is 0. The first-order valence-corrected chi connectivity index (χ1v) is 3.84. The van der Waals surface area contributed by atoms with Gasteiger partial charge < -0.3 is 5.32 Å². The van der Waals surface area contributed by atoms with Gasteiger partial charge in [0.25, 0.3) is 5.69 Å². The molecule has 0 aliphatic carbocycles. The van der Waals surface area contributed by atoms with Gasteiger partial charge in [0.05, 0.1) is 4.92 Å². The highest BCUT2D eigenvalue weighted by atomic mass is 35.5. The first-order valence-electron chi connectivity index (χ1n) is 3.46. The maximum absolute atomic E-state index is 10.5. The molecule has 13 heavy (non-hydrogen) atoms. The molecular weight excluding hydrogens is 192 g/mol. The minimum Gasteiger partial charge on any atom is -0.357 e. The predicted octanol–water partition coefficient (Wildman–Crippen LogP) is 2.80. The lowest BCUT2D eigenvalue weighted by atomic mass is 10.3. The SMILES string of the molecule is C=CNc1cc(Cl)ccc1[N+](=O)[O-]. The van der Waals surface area contributed by atoms with Crippen LogP contribution in [0.2, 0.25) is 5.02 Å². The molecule has 0 aliphatic rings. The minimum absolute atomic E-state index is 0.0238. The van der Waals surface area contributed by atoms with Crippen molar-refractivity contribution in [1.29, 1.82) is 0 Å². The molecule has 0 heterocycles. The second kappa shape index (κ2) is 3.91. The van der Waals surface area contributed by atoms with Crippen molar-refractivity contribution < 1.29 is 4.92 Å². The Kier molecular flexibility index (Phi) is 2.87. The summed E-state index contributed by atoms with van der Waals surface area (Å²) >= 11 is 5.66. The van der Waals surface area contributed by atoms with Crippen molar-refractivity contribution in [3.63, 3.8) is 0 Å². The quantitative estimate of drug-likeness (QED) is 0.600. The van der Waals surface area contributed by atoms with E-state index in [9.17, 15) is 10.1 Å². The standard InChI is InChI=1S/C8H7ClN2O2/c1-2-10-7-5-6(9)3-4-8(7)11(12)13/h2-5,10H,1H2. The molecule has 0 aromatic heterocycles. The number of rotatable bonds is 3. The highest BCUT2D eigenvalue weighted by Crippen LogP contribution is 2.27. The van der Waals surface area contributed by atoms with Crippen LogP contribution in [0.4, 0.5) is 11.4 Å². The third-order valence-corrected chi connectivity index (χ3v) is 1.65. The fourth-order valence-electron chi connectivity index (χ4n) is 0.893. The van der Waals surface area contributed by atoms with Gasteiger partial charge >= 0.3 is 0 Å². The van der Waals surface area contributed by atoms with E-state index in [0.717, 1.165) is 0 Å². The lowest BCUT2D eigenvalue weighted by Gasteiger charge is -2.01. The minimum atomic E-state index is -0.484. The van der Waals surface area contributed by atoms with Crippen LogP contribution < -0.4 is 5.32 Å². The topological polar surface area (TPSA) is 55.2 Å². The maximum atomic E-state index is 10.5. The van der Waals surface area contributed by atoms with E-state index in [1.54, 1.807) is 0 Å². The zero-order valence-electron chi connectivity index (χ0n) is 6.66. The number of nitro groups is 1. The Labute approximate surface area is 80.0 Å². The molecule has 0 saturated heterocycles. The van der Waals surface area contributed by atoms with Gasteiger partial charge in [-0.3, -0.25) is 10.1 Å². The molecule has 0 fully saturated rings. The molecule has 0 spiro atoms. The van der Waals surface area contributed by atoms with Gasteiger partial charge in [0.2, 0.25) is 0 Å². The third kappa shape index (κ3) is 2.19. The molecule has 0 aliphatic heterocycles. The van der Waals surface area contributed by atoms with Crippen LogP contribution in [0, 0.1) is 10.1 Å². The summed E-state index contributed by atoms with van der Waals surface area (Å²) in [7, 11) is 0. The molecule has 0 saturated carbocycles. The number of hydrogen-bond donors (Lipinski definition) is 1. The average Bonchev–Trinajstić information content (AvgIpc) is 2.04. The van der Waals surface area contributed by atoms with Gasteiger partial charge in [0.15, 0.2) is 0 Å². The van der Waals surface area contributed by atoms with Crippen molar-refractivity contribution in [2.24, 2.45) is 0 Å². The number of nitro benzene ring substituents is 1. The predicted molar refractivity (Wildman–Crippen MR) is 51.9 cm³/mol. The van der Waals surface area contributed by atoms with Crippen LogP contribution in [0.1, 0.15) is 0 Å². The normalized spacial score (nSPS) is 9.31. The number of hydrogen-bond acceptors (Lipinski definition) is 3. The molecular formula is C8H7ClN2O2. The van der Waals surface area contributed by atoms with Crippen molar-refractivity contribution in [3.8, 4) is 0 Å². The zero-order valence-corrected chi connectivity index (χ0v) is 7.41. The number of halogens is 1. The van der Waals surface area contributed by atoms with Crippen LogP contribution in [0.25, 0.3) is 0 Å². The van der Waals surface area contributed by atoms with Crippen LogP contribution in [0.15, 0.2) is 31.0 Å². The second-order valence-electron chi connectivity index (χ2n) is 2.27. The van der Waals surface area contributed by atoms with E-state index in [4.69, 9.17) is 11.6 Å². The first kappa shape index (κ1) is 9.54. The Morgan fingerprint density at radius 1 is 1.62 bits per heavy atom. The van der Waals surface area contributed by atoms with E-state index >= 15 is 0 Å². The molecule has 0 amide bonds. The summed E-state index contributed by atoms with van der Waals surface area (Å²) in [6.07, 6.45) is 1.36. The molecule has 1 aromatic carbocycles. The molecule has 0 atom stereocenters. The van der Waals surface area contributed by atoms with Gasteiger partial charge in [-0.25, -0.2) is 0 Å². The number of nitrogens with one attached hydrogen (secondary N) is 1. The molecule has 0 bridgehead atoms. The van der Waals surface area contributed by atoms with Crippen molar-refractivity contribution in [1.82, 2.24) is 0 Å². The van der Waals surface area contributed by atoms with E-state index < -0.39 is 4.92 Å². The van der Waals surface area contributed by atoms with Crippen molar-refractivity contribution in [2.75, 3.05) is 5.32 Å². The molecule has 68 valence electrons. The van der Waals surface area contributed by atoms with E-state index in [0.29, 0.717) is 10.7 Å². The molecule has 4 nitrogen and oxygen atoms in total. The Morgan fingerprint density at radius 2 is 2.31 bits per heavy atom. The summed E-state index contributed by atoms with van der Waals surface area (Å²) in [5.74, 6) is 0. The van der Waals surface area contributed by atoms with Gasteiger partial charge in [0, 0.05) is 11.1 Å². The highest BCUT2D eigenvalue weighted by Gasteiger charge is 2.11. The van der Waals surface area contributed by atoms with Crippen LogP contribution in [-0.4, -0.2) is 4.92 Å². The summed E-state index contributed by atoms with van der Waals surface area (Å²) in [5.41, 5.74) is 0.316. The summed E-state index contributed by atoms with van der Waals surface area (Å²) in [5, 5.41) is 13.6. The lowest BCUT2D eigenvalue weighted by Crippen LogP contribution is -1.94. The largest absolute Gasteiger partial charge is 0.357 e. The molecule has 1 aromatic rings. The van der Waals surface area contributed by atoms with E-state index in [1.165, 1.54) is 24.4 Å². The molecule has 0 radical (unpaired) electrons. The van der Waals surface area contributed by atoms with Crippen LogP contribution in [0.3, 0.4) is 0 Å². The third-order valence-electron chi connectivity index (χ3n) is 1.41. The van der Waals surface area contributed by atoms with Crippen LogP contribution in [0.5, 0.6) is 0 Å². The van der Waals surface area contributed by atoms with Crippen molar-refractivity contribution in [2.45, 2.75) is 0 Å². The fourth-order valence-corrected chi connectivity index (χ4v) is 1.07. The second-order valence-corrected chi connectivity index (χ2v) is 2.70. The Balaban J connectivity index is 3.17. The highest BCUT2D eigenvalue weighted by molar-refractivity contribution is 6.31. The van der Waals surface area contributed by atoms with Gasteiger partial charge in [-0.1, -0.05) is 18.2 Å². The van der Waals surface area contributed by atoms with Gasteiger partial charge in [-0.2, -0.15) is 0 Å². The molecule has 1 N–H and O–H groups in total. The van der Waals surface area contributed by atoms with Gasteiger partial charge in [-0.05, 0) is 18.3 Å². The number of nitrogens with zero attached hydrogens (tertiary/aromatic N) is 1. The van der Waals surface area contributed by atoms with Crippen molar-refractivity contribution in [3.05, 3.63) is 46.1 Å². The average molecular weight is 199 g/mol. The summed E-state index contributed by atoms with van der Waals surface area (Å²) in [4.78, 5) is 10.0. The van der Waals surface area contributed by atoms with Crippen LogP contribution in [-0.2, 0) is 0 Å². The molecule has 0 unspecified atom stereocenters. The summed E-state index contributed by atoms with van der Waals surface area (Å²) in [6, 6.07) is 4.28. The van der Waals surface area contributed by atoms with Crippen molar-refractivity contribution >= 4 is 23.0 Å². The van der Waals surface area contributed by atoms with Gasteiger partial charge in [0.1, 0.15) is 5.69 Å². The van der Waals surface area contributed by atoms with Crippen LogP contribution >= 0.6 is 11.6 Å². The van der Waals surface area contributed by atoms with E-state index in [2.05, 4.69) is 11.9 Å². The smallest absolute Gasteiger partial charge is 0.292 e. The monoisotopic (exact) mass is 198 g/mol. The van der Waals surface area contributed by atoms with Gasteiger partial charge in [-0.15, -0.1) is 0 Å². The molecule has 1 rings (SSSR count). The summed E-state index contributed by atoms with van der Waals surface area (Å²) in [6.45, 7) is 3.41. The maximum Gasteiger partial charge on any atom is 0.292 e. The number of anilines is 1. The lowest BCUT2D eigenvalue weighted by molar-refractivity contribution is -0.383. The Bertz CT molecular complexity index is 352. The molecule has 5 heteroatoms. The number of benzene rings is 1. The zero-order chi connectivity index (χ0) is 9.84. The Morgan fingerprint density at radius 3 is 2.85 bits per heavy atom. The first-order chi connectivity index (χ1) is 6.15. The fraction of sp³-hybridized carbons (Fsp3) is 0. The van der Waals surface area contributed by atoms with E-state index in [1.807, 2.05) is 0 Å². The van der Waals surface area contributed by atoms with E-state index in [-0.39, 0.29) is 5.69 Å². The Hall–Kier alpha value is -1.55.